The molecule has 4 nitrogen and oxygen atoms in total. The van der Waals surface area contributed by atoms with Gasteiger partial charge in [0.2, 0.25) is 11.7 Å². The van der Waals surface area contributed by atoms with Crippen molar-refractivity contribution >= 4 is 50.1 Å². The van der Waals surface area contributed by atoms with E-state index in [0.29, 0.717) is 15.5 Å². The van der Waals surface area contributed by atoms with Crippen LogP contribution in [0, 0.1) is 6.92 Å². The Hall–Kier alpha value is -3.19. The quantitative estimate of drug-likeness (QED) is 0.266. The molecular formula is C25H16ClNO3S2. The van der Waals surface area contributed by atoms with E-state index >= 15 is 0 Å². The summed E-state index contributed by atoms with van der Waals surface area (Å²) in [5.74, 6) is 0.0820. The van der Waals surface area contributed by atoms with Crippen LogP contribution in [0.1, 0.15) is 20.8 Å². The monoisotopic (exact) mass is 477 g/mol. The van der Waals surface area contributed by atoms with Crippen LogP contribution < -0.4 is 0 Å². The van der Waals surface area contributed by atoms with Gasteiger partial charge in [0.05, 0.1) is 10.3 Å². The highest BCUT2D eigenvalue weighted by Gasteiger charge is 2.22. The molecule has 0 radical (unpaired) electrons. The fourth-order valence-corrected chi connectivity index (χ4v) is 5.84. The Balaban J connectivity index is 1.67. The number of aromatic hydroxyl groups is 2. The summed E-state index contributed by atoms with van der Waals surface area (Å²) in [7, 11) is 0. The minimum absolute atomic E-state index is 0.00364. The number of fused-ring (bicyclic) bond motifs is 1. The van der Waals surface area contributed by atoms with Crippen molar-refractivity contribution in [3.8, 4) is 33.3 Å². The molecule has 2 heterocycles. The van der Waals surface area contributed by atoms with E-state index < -0.39 is 0 Å². The molecule has 0 saturated carbocycles. The number of carbonyl (C=O) groups is 1. The van der Waals surface area contributed by atoms with Gasteiger partial charge in [0, 0.05) is 31.8 Å². The highest BCUT2D eigenvalue weighted by molar-refractivity contribution is 7.21. The third kappa shape index (κ3) is 3.66. The summed E-state index contributed by atoms with van der Waals surface area (Å²) in [5, 5.41) is 23.3. The van der Waals surface area contributed by atoms with Gasteiger partial charge in [-0.15, -0.1) is 22.7 Å². The molecule has 2 N–H and O–H groups in total. The highest BCUT2D eigenvalue weighted by Crippen LogP contribution is 2.42. The number of hydrogen-bond donors (Lipinski definition) is 2. The largest absolute Gasteiger partial charge is 0.508 e. The second-order valence-electron chi connectivity index (χ2n) is 7.36. The average Bonchev–Trinajstić information content (AvgIpc) is 3.37. The molecule has 0 spiro atoms. The van der Waals surface area contributed by atoms with Gasteiger partial charge in [0.1, 0.15) is 10.8 Å². The van der Waals surface area contributed by atoms with Crippen molar-refractivity contribution in [3.63, 3.8) is 0 Å². The zero-order valence-electron chi connectivity index (χ0n) is 16.8. The number of phenolic OH excluding ortho intramolecular Hbond substituents is 1. The number of halogens is 1. The Kier molecular flexibility index (Phi) is 5.21. The van der Waals surface area contributed by atoms with Gasteiger partial charge < -0.3 is 10.2 Å². The van der Waals surface area contributed by atoms with E-state index in [1.165, 1.54) is 22.7 Å². The molecule has 2 aromatic heterocycles. The molecule has 7 heteroatoms. The number of phenols is 1. The van der Waals surface area contributed by atoms with Crippen LogP contribution >= 0.6 is 34.3 Å². The maximum absolute atomic E-state index is 13.6. The van der Waals surface area contributed by atoms with Gasteiger partial charge in [-0.2, -0.15) is 0 Å². The van der Waals surface area contributed by atoms with Gasteiger partial charge >= 0.3 is 0 Å². The Morgan fingerprint density at radius 2 is 1.72 bits per heavy atom. The molecular weight excluding hydrogens is 462 g/mol. The summed E-state index contributed by atoms with van der Waals surface area (Å²) in [6.07, 6.45) is 0. The summed E-state index contributed by atoms with van der Waals surface area (Å²) in [6, 6.07) is 18.2. The number of rotatable bonds is 4. The first-order chi connectivity index (χ1) is 15.4. The first kappa shape index (κ1) is 20.7. The normalized spacial score (nSPS) is 11.2. The summed E-state index contributed by atoms with van der Waals surface area (Å²) in [5.41, 5.74) is 4.02. The molecule has 0 amide bonds. The number of ketones is 1. The summed E-state index contributed by atoms with van der Waals surface area (Å²) < 4.78 is 0.837. The molecule has 3 aromatic carbocycles. The number of nitrogens with zero attached hydrogens (tertiary/aromatic N) is 1. The molecule has 0 unspecified atom stereocenters. The van der Waals surface area contributed by atoms with E-state index in [0.717, 1.165) is 37.3 Å². The van der Waals surface area contributed by atoms with Crippen LogP contribution in [0.25, 0.3) is 31.8 Å². The van der Waals surface area contributed by atoms with Gasteiger partial charge in [-0.1, -0.05) is 35.9 Å². The van der Waals surface area contributed by atoms with Crippen LogP contribution in [-0.2, 0) is 0 Å². The van der Waals surface area contributed by atoms with Gasteiger partial charge in [-0.05, 0) is 54.4 Å². The second-order valence-corrected chi connectivity index (χ2v) is 9.71. The van der Waals surface area contributed by atoms with Gasteiger partial charge in [0.15, 0.2) is 0 Å². The van der Waals surface area contributed by atoms with Crippen LogP contribution in [-0.4, -0.2) is 21.0 Å². The molecule has 5 rings (SSSR count). The Morgan fingerprint density at radius 1 is 0.969 bits per heavy atom. The zero-order chi connectivity index (χ0) is 22.4. The number of thiazole rings is 1. The maximum Gasteiger partial charge on any atom is 0.222 e. The molecule has 0 fully saturated rings. The number of carbonyl (C=O) groups excluding carboxylic acids is 1. The van der Waals surface area contributed by atoms with E-state index in [1.807, 2.05) is 37.3 Å². The summed E-state index contributed by atoms with van der Waals surface area (Å²) >= 11 is 8.82. The third-order valence-corrected chi connectivity index (χ3v) is 7.49. The smallest absolute Gasteiger partial charge is 0.222 e. The molecule has 0 aliphatic carbocycles. The predicted octanol–water partition coefficient (Wildman–Crippen LogP) is 7.30. The van der Waals surface area contributed by atoms with E-state index in [4.69, 9.17) is 11.6 Å². The lowest BCUT2D eigenvalue weighted by atomic mass is 9.96. The van der Waals surface area contributed by atoms with Crippen molar-refractivity contribution in [2.75, 3.05) is 0 Å². The Labute approximate surface area is 197 Å². The van der Waals surface area contributed by atoms with Crippen molar-refractivity contribution in [1.29, 1.82) is 0 Å². The fraction of sp³-hybridized carbons (Fsp3) is 0.0400. The minimum atomic E-state index is -0.0798. The topological polar surface area (TPSA) is 70.4 Å². The Morgan fingerprint density at radius 3 is 2.41 bits per heavy atom. The van der Waals surface area contributed by atoms with Crippen molar-refractivity contribution in [2.45, 2.75) is 6.92 Å². The standard InChI is InChI=1S/C25H16ClNO3S2/c1-13-10-16(26)6-8-18(13)23(30)24-22(19-9-7-17(28)11-20(19)32-24)14-2-4-15(5-3-14)25-27-21(29)12-31-25/h2-12,28-29H,1H3. The summed E-state index contributed by atoms with van der Waals surface area (Å²) in [4.78, 5) is 18.3. The minimum Gasteiger partial charge on any atom is -0.508 e. The van der Waals surface area contributed by atoms with Gasteiger partial charge in [0.25, 0.3) is 0 Å². The fourth-order valence-electron chi connectivity index (χ4n) is 3.71. The third-order valence-electron chi connectivity index (χ3n) is 5.23. The number of hydrogen-bond acceptors (Lipinski definition) is 6. The summed E-state index contributed by atoms with van der Waals surface area (Å²) in [6.45, 7) is 1.87. The first-order valence-electron chi connectivity index (χ1n) is 9.72. The lowest BCUT2D eigenvalue weighted by molar-refractivity contribution is 0.104. The Bertz CT molecular complexity index is 1490. The number of thiophene rings is 1. The molecule has 5 aromatic rings. The predicted molar refractivity (Wildman–Crippen MR) is 131 cm³/mol. The second kappa shape index (κ2) is 8.06. The number of aryl methyl sites for hydroxylation is 1. The number of aromatic nitrogens is 1. The van der Waals surface area contributed by atoms with E-state index in [2.05, 4.69) is 4.98 Å². The van der Waals surface area contributed by atoms with Crippen LogP contribution in [0.5, 0.6) is 11.6 Å². The zero-order valence-corrected chi connectivity index (χ0v) is 19.2. The molecule has 0 aliphatic rings. The molecule has 32 heavy (non-hydrogen) atoms. The van der Waals surface area contributed by atoms with E-state index in [9.17, 15) is 15.0 Å². The first-order valence-corrected chi connectivity index (χ1v) is 11.8. The van der Waals surface area contributed by atoms with Crippen molar-refractivity contribution in [3.05, 3.63) is 87.1 Å². The molecule has 158 valence electrons. The van der Waals surface area contributed by atoms with E-state index in [1.54, 1.807) is 35.7 Å². The van der Waals surface area contributed by atoms with E-state index in [-0.39, 0.29) is 17.4 Å². The lowest BCUT2D eigenvalue weighted by Gasteiger charge is -2.08. The van der Waals surface area contributed by atoms with Crippen LogP contribution in [0.3, 0.4) is 0 Å². The van der Waals surface area contributed by atoms with Crippen molar-refractivity contribution < 1.29 is 15.0 Å². The van der Waals surface area contributed by atoms with Crippen LogP contribution in [0.2, 0.25) is 5.02 Å². The van der Waals surface area contributed by atoms with Crippen LogP contribution in [0.15, 0.2) is 66.0 Å². The van der Waals surface area contributed by atoms with Crippen molar-refractivity contribution in [2.24, 2.45) is 0 Å². The van der Waals surface area contributed by atoms with Gasteiger partial charge in [-0.3, -0.25) is 4.79 Å². The maximum atomic E-state index is 13.6. The van der Waals surface area contributed by atoms with Crippen LogP contribution in [0.4, 0.5) is 0 Å². The SMILES string of the molecule is Cc1cc(Cl)ccc1C(=O)c1sc2cc(O)ccc2c1-c1ccc(-c2nc(O)cs2)cc1. The molecule has 0 aliphatic heterocycles. The molecule has 0 bridgehead atoms. The average molecular weight is 478 g/mol. The molecule has 0 saturated heterocycles. The number of benzene rings is 3. The molecule has 0 atom stereocenters. The highest BCUT2D eigenvalue weighted by atomic mass is 35.5. The van der Waals surface area contributed by atoms with Gasteiger partial charge in [-0.25, -0.2) is 4.98 Å². The van der Waals surface area contributed by atoms with Crippen molar-refractivity contribution in [1.82, 2.24) is 4.98 Å². The lowest BCUT2D eigenvalue weighted by Crippen LogP contribution is -2.03.